The Bertz CT molecular complexity index is 499. The van der Waals surface area contributed by atoms with Crippen molar-refractivity contribution in [1.82, 2.24) is 0 Å². The maximum Gasteiger partial charge on any atom is 0.327 e. The SMILES string of the molecule is CC(C)CC(C(=O)O)N(c1ccc(C(C)C)cc1)S(=O)O. The van der Waals surface area contributed by atoms with Crippen LogP contribution in [0.3, 0.4) is 0 Å². The molecule has 0 aliphatic rings. The molecule has 0 saturated carbocycles. The zero-order valence-corrected chi connectivity index (χ0v) is 13.6. The number of carboxylic acids is 1. The first-order valence-electron chi connectivity index (χ1n) is 6.97. The van der Waals surface area contributed by atoms with Crippen molar-refractivity contribution in [3.8, 4) is 0 Å². The molecule has 0 spiro atoms. The molecule has 2 N–H and O–H groups in total. The third-order valence-electron chi connectivity index (χ3n) is 3.25. The van der Waals surface area contributed by atoms with Crippen molar-refractivity contribution in [2.45, 2.75) is 46.1 Å². The van der Waals surface area contributed by atoms with Crippen LogP contribution < -0.4 is 4.31 Å². The van der Waals surface area contributed by atoms with E-state index in [2.05, 4.69) is 13.8 Å². The average molecular weight is 313 g/mol. The number of rotatable bonds is 7. The minimum Gasteiger partial charge on any atom is -0.480 e. The van der Waals surface area contributed by atoms with E-state index in [9.17, 15) is 18.7 Å². The van der Waals surface area contributed by atoms with Crippen molar-refractivity contribution >= 4 is 22.9 Å². The van der Waals surface area contributed by atoms with Gasteiger partial charge in [0.15, 0.2) is 0 Å². The molecule has 0 heterocycles. The van der Waals surface area contributed by atoms with E-state index in [-0.39, 0.29) is 5.92 Å². The quantitative estimate of drug-likeness (QED) is 0.757. The predicted octanol–water partition coefficient (Wildman–Crippen LogP) is 3.25. The summed E-state index contributed by atoms with van der Waals surface area (Å²) in [6.45, 7) is 7.87. The lowest BCUT2D eigenvalue weighted by molar-refractivity contribution is -0.138. The molecule has 0 radical (unpaired) electrons. The maximum absolute atomic E-state index is 11.6. The Kier molecular flexibility index (Phi) is 6.36. The molecule has 0 saturated heterocycles. The van der Waals surface area contributed by atoms with Gasteiger partial charge in [-0.25, -0.2) is 9.00 Å². The van der Waals surface area contributed by atoms with Gasteiger partial charge in [-0.15, -0.1) is 0 Å². The Morgan fingerprint density at radius 3 is 2.05 bits per heavy atom. The lowest BCUT2D eigenvalue weighted by atomic mass is 10.0. The summed E-state index contributed by atoms with van der Waals surface area (Å²) < 4.78 is 22.2. The number of hydrogen-bond donors (Lipinski definition) is 2. The van der Waals surface area contributed by atoms with Gasteiger partial charge in [0.05, 0.1) is 5.69 Å². The van der Waals surface area contributed by atoms with Crippen LogP contribution in [0.15, 0.2) is 24.3 Å². The van der Waals surface area contributed by atoms with Crippen molar-refractivity contribution in [2.24, 2.45) is 5.92 Å². The number of anilines is 1. The Morgan fingerprint density at radius 2 is 1.71 bits per heavy atom. The molecule has 21 heavy (non-hydrogen) atoms. The second kappa shape index (κ2) is 7.56. The fourth-order valence-corrected chi connectivity index (χ4v) is 2.82. The fraction of sp³-hybridized carbons (Fsp3) is 0.533. The summed E-state index contributed by atoms with van der Waals surface area (Å²) in [5.74, 6) is -0.649. The second-order valence-electron chi connectivity index (χ2n) is 5.79. The molecule has 1 rings (SSSR count). The van der Waals surface area contributed by atoms with Gasteiger partial charge in [-0.2, -0.15) is 0 Å². The maximum atomic E-state index is 11.6. The molecule has 0 bridgehead atoms. The molecule has 5 nitrogen and oxygen atoms in total. The highest BCUT2D eigenvalue weighted by molar-refractivity contribution is 7.80. The van der Waals surface area contributed by atoms with Crippen LogP contribution in [0.4, 0.5) is 5.69 Å². The zero-order valence-electron chi connectivity index (χ0n) is 12.8. The lowest BCUT2D eigenvalue weighted by Crippen LogP contribution is -2.43. The van der Waals surface area contributed by atoms with Gasteiger partial charge in [0.1, 0.15) is 6.04 Å². The fourth-order valence-electron chi connectivity index (χ4n) is 2.13. The lowest BCUT2D eigenvalue weighted by Gasteiger charge is -2.28. The van der Waals surface area contributed by atoms with Gasteiger partial charge < -0.3 is 5.11 Å². The number of carboxylic acid groups (broad SMARTS) is 1. The number of carbonyl (C=O) groups is 1. The summed E-state index contributed by atoms with van der Waals surface area (Å²) in [6, 6.07) is 6.07. The number of aliphatic carboxylic acids is 1. The first-order valence-corrected chi connectivity index (χ1v) is 8.03. The molecule has 0 amide bonds. The van der Waals surface area contributed by atoms with Crippen LogP contribution >= 0.6 is 0 Å². The van der Waals surface area contributed by atoms with Gasteiger partial charge in [-0.1, -0.05) is 39.8 Å². The van der Waals surface area contributed by atoms with Crippen LogP contribution in [-0.4, -0.2) is 25.9 Å². The van der Waals surface area contributed by atoms with Gasteiger partial charge in [-0.05, 0) is 36.0 Å². The van der Waals surface area contributed by atoms with Gasteiger partial charge in [0.25, 0.3) is 11.3 Å². The molecule has 2 unspecified atom stereocenters. The number of benzene rings is 1. The molecule has 0 fully saturated rings. The Labute approximate surface area is 128 Å². The topological polar surface area (TPSA) is 77.8 Å². The Morgan fingerprint density at radius 1 is 1.19 bits per heavy atom. The summed E-state index contributed by atoms with van der Waals surface area (Å²) in [5, 5.41) is 9.36. The predicted molar refractivity (Wildman–Crippen MR) is 84.7 cm³/mol. The zero-order chi connectivity index (χ0) is 16.2. The Hall–Kier alpha value is -1.40. The van der Waals surface area contributed by atoms with Gasteiger partial charge >= 0.3 is 5.97 Å². The molecule has 6 heteroatoms. The molecule has 2 atom stereocenters. The smallest absolute Gasteiger partial charge is 0.327 e. The third-order valence-corrected chi connectivity index (χ3v) is 4.05. The van der Waals surface area contributed by atoms with Gasteiger partial charge in [-0.3, -0.25) is 8.86 Å². The van der Waals surface area contributed by atoms with Gasteiger partial charge in [0, 0.05) is 0 Å². The molecule has 0 aliphatic heterocycles. The van der Waals surface area contributed by atoms with E-state index in [1.54, 1.807) is 12.1 Å². The van der Waals surface area contributed by atoms with Crippen molar-refractivity contribution in [2.75, 3.05) is 4.31 Å². The van der Waals surface area contributed by atoms with Crippen LogP contribution in [0, 0.1) is 5.92 Å². The highest BCUT2D eigenvalue weighted by Gasteiger charge is 2.30. The monoisotopic (exact) mass is 313 g/mol. The summed E-state index contributed by atoms with van der Waals surface area (Å²) in [6.07, 6.45) is 0.299. The highest BCUT2D eigenvalue weighted by Crippen LogP contribution is 2.25. The number of hydrogen-bond acceptors (Lipinski definition) is 2. The molecule has 118 valence electrons. The minimum absolute atomic E-state index is 0.104. The second-order valence-corrected chi connectivity index (χ2v) is 6.64. The average Bonchev–Trinajstić information content (AvgIpc) is 2.37. The Balaban J connectivity index is 3.15. The summed E-state index contributed by atoms with van der Waals surface area (Å²) in [7, 11) is 0. The van der Waals surface area contributed by atoms with Crippen LogP contribution in [-0.2, 0) is 16.1 Å². The van der Waals surface area contributed by atoms with Crippen LogP contribution in [0.25, 0.3) is 0 Å². The van der Waals surface area contributed by atoms with E-state index in [1.165, 1.54) is 0 Å². The van der Waals surface area contributed by atoms with Crippen molar-refractivity contribution in [1.29, 1.82) is 0 Å². The highest BCUT2D eigenvalue weighted by atomic mass is 32.2. The van der Waals surface area contributed by atoms with E-state index in [0.717, 1.165) is 9.87 Å². The molecule has 1 aromatic carbocycles. The first kappa shape index (κ1) is 17.7. The third kappa shape index (κ3) is 4.82. The van der Waals surface area contributed by atoms with Crippen LogP contribution in [0.1, 0.15) is 45.6 Å². The van der Waals surface area contributed by atoms with E-state index >= 15 is 0 Å². The van der Waals surface area contributed by atoms with Crippen molar-refractivity contribution < 1.29 is 18.7 Å². The van der Waals surface area contributed by atoms with E-state index in [4.69, 9.17) is 0 Å². The normalized spacial score (nSPS) is 14.2. The first-order chi connectivity index (χ1) is 9.73. The minimum atomic E-state index is -2.39. The number of nitrogens with zero attached hydrogens (tertiary/aromatic N) is 1. The van der Waals surface area contributed by atoms with E-state index < -0.39 is 23.3 Å². The summed E-state index contributed by atoms with van der Waals surface area (Å²) in [4.78, 5) is 11.4. The largest absolute Gasteiger partial charge is 0.480 e. The standard InChI is InChI=1S/C15H23NO4S/c1-10(2)9-14(15(17)18)16(21(19)20)13-7-5-12(6-8-13)11(3)4/h5-8,10-11,14H,9H2,1-4H3,(H,17,18)(H,19,20). The van der Waals surface area contributed by atoms with E-state index in [0.29, 0.717) is 18.0 Å². The summed E-state index contributed by atoms with van der Waals surface area (Å²) in [5.41, 5.74) is 1.53. The van der Waals surface area contributed by atoms with Crippen LogP contribution in [0.2, 0.25) is 0 Å². The summed E-state index contributed by atoms with van der Waals surface area (Å²) >= 11 is -2.39. The molecule has 0 aliphatic carbocycles. The molecule has 1 aromatic rings. The molecular weight excluding hydrogens is 290 g/mol. The molecular formula is C15H23NO4S. The van der Waals surface area contributed by atoms with Crippen molar-refractivity contribution in [3.63, 3.8) is 0 Å². The van der Waals surface area contributed by atoms with Crippen molar-refractivity contribution in [3.05, 3.63) is 29.8 Å². The van der Waals surface area contributed by atoms with Gasteiger partial charge in [0.2, 0.25) is 0 Å². The van der Waals surface area contributed by atoms with Crippen LogP contribution in [0.5, 0.6) is 0 Å². The molecule has 0 aromatic heterocycles. The van der Waals surface area contributed by atoms with E-state index in [1.807, 2.05) is 26.0 Å².